The summed E-state index contributed by atoms with van der Waals surface area (Å²) < 4.78 is 64.0. The van der Waals surface area contributed by atoms with E-state index >= 15 is 0 Å². The second kappa shape index (κ2) is 9.85. The molecule has 10 heteroatoms. The smallest absolute Gasteiger partial charge is 0.422 e. The van der Waals surface area contributed by atoms with Gasteiger partial charge in [0.1, 0.15) is 5.82 Å². The van der Waals surface area contributed by atoms with Gasteiger partial charge in [-0.2, -0.15) is 13.2 Å². The van der Waals surface area contributed by atoms with Crippen molar-refractivity contribution < 1.29 is 27.0 Å². The Hall–Kier alpha value is -3.92. The van der Waals surface area contributed by atoms with Gasteiger partial charge < -0.3 is 25.2 Å². The zero-order valence-corrected chi connectivity index (χ0v) is 19.7. The van der Waals surface area contributed by atoms with Crippen LogP contribution in [-0.4, -0.2) is 41.8 Å². The zero-order valence-electron chi connectivity index (χ0n) is 19.7. The molecule has 6 nitrogen and oxygen atoms in total. The molecule has 1 aliphatic rings. The number of fused-ring (bicyclic) bond motifs is 1. The normalized spacial score (nSPS) is 14.7. The van der Waals surface area contributed by atoms with Gasteiger partial charge in [-0.15, -0.1) is 0 Å². The van der Waals surface area contributed by atoms with Crippen molar-refractivity contribution in [3.8, 4) is 22.7 Å². The minimum Gasteiger partial charge on any atom is -0.468 e. The number of aromatic nitrogens is 2. The van der Waals surface area contributed by atoms with Crippen molar-refractivity contribution in [3.63, 3.8) is 0 Å². The highest BCUT2D eigenvalue weighted by atomic mass is 19.4. The fraction of sp³-hybridized carbons (Fsp3) is 0.259. The maximum Gasteiger partial charge on any atom is 0.422 e. The number of benzene rings is 2. The molecule has 4 aromatic rings. The Balaban J connectivity index is 1.75. The van der Waals surface area contributed by atoms with Crippen LogP contribution in [0.4, 0.5) is 23.2 Å². The van der Waals surface area contributed by atoms with Crippen LogP contribution in [0.15, 0.2) is 54.7 Å². The summed E-state index contributed by atoms with van der Waals surface area (Å²) in [5, 5.41) is 8.60. The number of pyridine rings is 1. The van der Waals surface area contributed by atoms with E-state index in [-0.39, 0.29) is 17.6 Å². The molecule has 1 fully saturated rings. The quantitative estimate of drug-likeness (QED) is 0.182. The van der Waals surface area contributed by atoms with Crippen molar-refractivity contribution in [1.82, 2.24) is 9.55 Å². The summed E-state index contributed by atoms with van der Waals surface area (Å²) in [4.78, 5) is 4.13. The molecule has 0 spiro atoms. The first-order valence-corrected chi connectivity index (χ1v) is 11.7. The van der Waals surface area contributed by atoms with E-state index in [0.717, 1.165) is 40.7 Å². The third kappa shape index (κ3) is 5.01. The number of nitrogen functional groups attached to an aromatic ring is 1. The van der Waals surface area contributed by atoms with E-state index in [4.69, 9.17) is 20.6 Å². The van der Waals surface area contributed by atoms with Crippen LogP contribution in [0.3, 0.4) is 0 Å². The molecule has 0 unspecified atom stereocenters. The Labute approximate surface area is 210 Å². The highest BCUT2D eigenvalue weighted by Gasteiger charge is 2.30. The summed E-state index contributed by atoms with van der Waals surface area (Å²) >= 11 is 0. The number of hydrogen-bond donors (Lipinski definition) is 2. The summed E-state index contributed by atoms with van der Waals surface area (Å²) in [6.45, 7) is -0.281. The van der Waals surface area contributed by atoms with Crippen LogP contribution in [0.5, 0.6) is 5.88 Å². The number of nitrogens with two attached hydrogens (primary N) is 1. The molecule has 2 aromatic heterocycles. The largest absolute Gasteiger partial charge is 0.468 e. The third-order valence-corrected chi connectivity index (χ3v) is 6.47. The number of nitrogens with one attached hydrogen (secondary N) is 1. The molecule has 0 atom stereocenters. The van der Waals surface area contributed by atoms with Gasteiger partial charge in [0.2, 0.25) is 5.88 Å². The lowest BCUT2D eigenvalue weighted by Gasteiger charge is -2.25. The number of halogens is 4. The zero-order chi connectivity index (χ0) is 26.2. The lowest BCUT2D eigenvalue weighted by molar-refractivity contribution is -0.154. The van der Waals surface area contributed by atoms with Crippen molar-refractivity contribution in [2.75, 3.05) is 25.6 Å². The Bertz CT molecular complexity index is 1420. The van der Waals surface area contributed by atoms with Crippen molar-refractivity contribution >= 4 is 22.8 Å². The summed E-state index contributed by atoms with van der Waals surface area (Å²) in [6.07, 6.45) is -0.309. The molecule has 0 radical (unpaired) electrons. The average molecular weight is 513 g/mol. The average Bonchev–Trinajstić information content (AvgIpc) is 3.21. The summed E-state index contributed by atoms with van der Waals surface area (Å²) in [6, 6.07) is 12.8. The highest BCUT2D eigenvalue weighted by Crippen LogP contribution is 2.44. The predicted octanol–water partition coefficient (Wildman–Crippen LogP) is 6.25. The van der Waals surface area contributed by atoms with E-state index in [1.54, 1.807) is 24.3 Å². The van der Waals surface area contributed by atoms with E-state index in [1.165, 1.54) is 30.6 Å². The fourth-order valence-corrected chi connectivity index (χ4v) is 4.81. The Morgan fingerprint density at radius 2 is 1.84 bits per heavy atom. The second-order valence-electron chi connectivity index (χ2n) is 8.89. The first kappa shape index (κ1) is 24.8. The molecule has 192 valence electrons. The number of nitrogens with zero attached hydrogens (tertiary/aromatic N) is 2. The Morgan fingerprint density at radius 3 is 2.46 bits per heavy atom. The van der Waals surface area contributed by atoms with E-state index in [2.05, 4.69) is 4.98 Å². The highest BCUT2D eigenvalue weighted by molar-refractivity contribution is 6.04. The van der Waals surface area contributed by atoms with Gasteiger partial charge in [0.15, 0.2) is 6.61 Å². The molecule has 1 saturated heterocycles. The number of ether oxygens (including phenoxy) is 2. The predicted molar refractivity (Wildman–Crippen MR) is 133 cm³/mol. The molecular formula is C27H24F4N4O2. The SMILES string of the molecule is N=Cc1cc2c(cc1N)c(-c1ccc(OCC(F)(F)F)nc1)c(C1CCOCC1)n2-c1ccc(F)cc1. The van der Waals surface area contributed by atoms with Crippen molar-refractivity contribution in [2.45, 2.75) is 24.9 Å². The van der Waals surface area contributed by atoms with Crippen LogP contribution >= 0.6 is 0 Å². The first-order chi connectivity index (χ1) is 17.7. The molecular weight excluding hydrogens is 488 g/mol. The first-order valence-electron chi connectivity index (χ1n) is 11.7. The summed E-state index contributed by atoms with van der Waals surface area (Å²) in [5.41, 5.74) is 11.2. The Morgan fingerprint density at radius 1 is 1.11 bits per heavy atom. The summed E-state index contributed by atoms with van der Waals surface area (Å²) in [7, 11) is 0. The molecule has 0 bridgehead atoms. The van der Waals surface area contributed by atoms with Crippen LogP contribution in [0.1, 0.15) is 30.0 Å². The standard InChI is InChI=1S/C27H24F4N4O2/c28-19-2-4-20(5-3-19)35-23-11-18(13-32)22(33)12-21(23)25(26(35)16-7-9-36-10-8-16)17-1-6-24(34-14-17)37-15-27(29,30)31/h1-6,11-14,16,32H,7-10,15,33H2. The molecule has 0 amide bonds. The van der Waals surface area contributed by atoms with E-state index < -0.39 is 12.8 Å². The van der Waals surface area contributed by atoms with Gasteiger partial charge in [0.05, 0.1) is 5.52 Å². The molecule has 3 N–H and O–H groups in total. The van der Waals surface area contributed by atoms with Crippen LogP contribution in [0.25, 0.3) is 27.7 Å². The van der Waals surface area contributed by atoms with Crippen LogP contribution in [-0.2, 0) is 4.74 Å². The minimum atomic E-state index is -4.47. The van der Waals surface area contributed by atoms with Gasteiger partial charge >= 0.3 is 6.18 Å². The number of anilines is 1. The number of hydrogen-bond acceptors (Lipinski definition) is 5. The molecule has 5 rings (SSSR count). The lowest BCUT2D eigenvalue weighted by atomic mass is 9.90. The van der Waals surface area contributed by atoms with Gasteiger partial charge in [0, 0.05) is 76.8 Å². The van der Waals surface area contributed by atoms with Crippen LogP contribution < -0.4 is 10.5 Å². The molecule has 0 aliphatic carbocycles. The van der Waals surface area contributed by atoms with Gasteiger partial charge in [-0.3, -0.25) is 0 Å². The topological polar surface area (TPSA) is 86.2 Å². The van der Waals surface area contributed by atoms with Gasteiger partial charge in [0.25, 0.3) is 0 Å². The van der Waals surface area contributed by atoms with Gasteiger partial charge in [-0.1, -0.05) is 0 Å². The maximum atomic E-state index is 13.8. The van der Waals surface area contributed by atoms with Gasteiger partial charge in [-0.05, 0) is 55.3 Å². The van der Waals surface area contributed by atoms with Crippen LogP contribution in [0.2, 0.25) is 0 Å². The molecule has 3 heterocycles. The van der Waals surface area contributed by atoms with E-state index in [0.29, 0.717) is 30.0 Å². The lowest BCUT2D eigenvalue weighted by Crippen LogP contribution is -2.19. The Kier molecular flexibility index (Phi) is 6.59. The second-order valence-corrected chi connectivity index (χ2v) is 8.89. The monoisotopic (exact) mass is 512 g/mol. The minimum absolute atomic E-state index is 0.0759. The number of rotatable bonds is 6. The maximum absolute atomic E-state index is 13.8. The van der Waals surface area contributed by atoms with E-state index in [1.807, 2.05) is 10.6 Å². The van der Waals surface area contributed by atoms with Crippen molar-refractivity contribution in [3.05, 3.63) is 71.8 Å². The third-order valence-electron chi connectivity index (χ3n) is 6.47. The van der Waals surface area contributed by atoms with Crippen LogP contribution in [0, 0.1) is 11.2 Å². The molecule has 1 aliphatic heterocycles. The number of alkyl halides is 3. The molecule has 2 aromatic carbocycles. The fourth-order valence-electron chi connectivity index (χ4n) is 4.81. The molecule has 0 saturated carbocycles. The van der Waals surface area contributed by atoms with E-state index in [9.17, 15) is 17.6 Å². The molecule has 37 heavy (non-hydrogen) atoms. The van der Waals surface area contributed by atoms with Crippen molar-refractivity contribution in [2.24, 2.45) is 0 Å². The summed E-state index contributed by atoms with van der Waals surface area (Å²) in [5.74, 6) is -0.426. The van der Waals surface area contributed by atoms with Gasteiger partial charge in [-0.25, -0.2) is 9.37 Å². The van der Waals surface area contributed by atoms with Crippen molar-refractivity contribution in [1.29, 1.82) is 5.41 Å².